The lowest BCUT2D eigenvalue weighted by molar-refractivity contribution is 0.0860. The number of hydrogen-bond donors (Lipinski definition) is 1. The lowest BCUT2D eigenvalue weighted by Crippen LogP contribution is -2.46. The molecule has 3 aromatic rings. The van der Waals surface area contributed by atoms with Crippen LogP contribution in [0.5, 0.6) is 5.75 Å². The van der Waals surface area contributed by atoms with Gasteiger partial charge in [0.05, 0.1) is 24.4 Å². The molecule has 0 aliphatic carbocycles. The number of benzene rings is 2. The van der Waals surface area contributed by atoms with E-state index in [1.165, 1.54) is 12.1 Å². The monoisotopic (exact) mass is 465 g/mol. The molecule has 178 valence electrons. The number of carbonyl (C=O) groups is 2. The van der Waals surface area contributed by atoms with E-state index in [0.29, 0.717) is 61.7 Å². The van der Waals surface area contributed by atoms with E-state index < -0.39 is 0 Å². The molecule has 2 aromatic carbocycles. The lowest BCUT2D eigenvalue weighted by Gasteiger charge is -2.31. The summed E-state index contributed by atoms with van der Waals surface area (Å²) >= 11 is 0. The Morgan fingerprint density at radius 3 is 2.47 bits per heavy atom. The van der Waals surface area contributed by atoms with Crippen molar-refractivity contribution in [1.82, 2.24) is 15.2 Å². The normalized spacial score (nSPS) is 14.1. The van der Waals surface area contributed by atoms with Crippen molar-refractivity contribution in [3.63, 3.8) is 0 Å². The first-order chi connectivity index (χ1) is 16.5. The quantitative estimate of drug-likeness (QED) is 0.566. The molecule has 0 radical (unpaired) electrons. The van der Waals surface area contributed by atoms with Crippen LogP contribution in [0.2, 0.25) is 0 Å². The Hall–Kier alpha value is -3.68. The molecule has 0 atom stereocenters. The van der Waals surface area contributed by atoms with Gasteiger partial charge >= 0.3 is 6.09 Å². The lowest BCUT2D eigenvalue weighted by atomic mass is 10.0. The Morgan fingerprint density at radius 1 is 1.06 bits per heavy atom. The fourth-order valence-electron chi connectivity index (χ4n) is 4.07. The molecule has 1 fully saturated rings. The van der Waals surface area contributed by atoms with E-state index in [-0.39, 0.29) is 23.9 Å². The van der Waals surface area contributed by atoms with Gasteiger partial charge in [-0.3, -0.25) is 4.79 Å². The van der Waals surface area contributed by atoms with Crippen molar-refractivity contribution in [2.45, 2.75) is 32.7 Å². The minimum atomic E-state index is -0.309. The second-order valence-corrected chi connectivity index (χ2v) is 8.11. The molecule has 0 saturated carbocycles. The first-order valence-corrected chi connectivity index (χ1v) is 11.5. The average molecular weight is 466 g/mol. The van der Waals surface area contributed by atoms with Crippen molar-refractivity contribution in [2.24, 2.45) is 0 Å². The summed E-state index contributed by atoms with van der Waals surface area (Å²) in [6, 6.07) is 13.3. The van der Waals surface area contributed by atoms with Gasteiger partial charge < -0.3 is 19.7 Å². The van der Waals surface area contributed by atoms with Gasteiger partial charge in [-0.1, -0.05) is 0 Å². The van der Waals surface area contributed by atoms with Crippen molar-refractivity contribution >= 4 is 22.9 Å². The first kappa shape index (κ1) is 23.5. The standard InChI is InChI=1S/C26H28FN3O4/c1-3-33-24-16-23(17-5-8-19(27)9-6-17)29-22-10-7-18(15-21(22)24)25(31)28-20-11-13-30(14-12-20)26(32)34-4-2/h5-10,15-16,20H,3-4,11-14H2,1-2H3,(H,28,31). The van der Waals surface area contributed by atoms with Crippen molar-refractivity contribution in [3.05, 3.63) is 59.9 Å². The summed E-state index contributed by atoms with van der Waals surface area (Å²) in [5.41, 5.74) is 2.64. The minimum Gasteiger partial charge on any atom is -0.493 e. The number of likely N-dealkylation sites (tertiary alicyclic amines) is 1. The van der Waals surface area contributed by atoms with E-state index in [2.05, 4.69) is 5.32 Å². The largest absolute Gasteiger partial charge is 0.493 e. The summed E-state index contributed by atoms with van der Waals surface area (Å²) in [5, 5.41) is 3.80. The maximum absolute atomic E-state index is 13.3. The zero-order chi connectivity index (χ0) is 24.1. The van der Waals surface area contributed by atoms with E-state index >= 15 is 0 Å². The van der Waals surface area contributed by atoms with Gasteiger partial charge in [0.2, 0.25) is 0 Å². The molecule has 1 aromatic heterocycles. The van der Waals surface area contributed by atoms with E-state index in [4.69, 9.17) is 14.5 Å². The second kappa shape index (κ2) is 10.5. The number of piperidine rings is 1. The molecular weight excluding hydrogens is 437 g/mol. The maximum atomic E-state index is 13.3. The van der Waals surface area contributed by atoms with E-state index in [1.54, 1.807) is 42.2 Å². The number of carbonyl (C=O) groups excluding carboxylic acids is 2. The van der Waals surface area contributed by atoms with Crippen molar-refractivity contribution < 1.29 is 23.5 Å². The average Bonchev–Trinajstić information content (AvgIpc) is 2.85. The van der Waals surface area contributed by atoms with Gasteiger partial charge in [0.15, 0.2) is 0 Å². The molecule has 4 rings (SSSR count). The smallest absolute Gasteiger partial charge is 0.409 e. The van der Waals surface area contributed by atoms with Crippen molar-refractivity contribution in [1.29, 1.82) is 0 Å². The van der Waals surface area contributed by atoms with Crippen LogP contribution in [0.25, 0.3) is 22.2 Å². The number of rotatable bonds is 6. The maximum Gasteiger partial charge on any atom is 0.409 e. The van der Waals surface area contributed by atoms with Crippen LogP contribution in [0.4, 0.5) is 9.18 Å². The highest BCUT2D eigenvalue weighted by Crippen LogP contribution is 2.31. The molecule has 7 nitrogen and oxygen atoms in total. The highest BCUT2D eigenvalue weighted by Gasteiger charge is 2.25. The van der Waals surface area contributed by atoms with Crippen LogP contribution in [0.1, 0.15) is 37.0 Å². The van der Waals surface area contributed by atoms with Gasteiger partial charge in [-0.25, -0.2) is 14.2 Å². The number of ether oxygens (including phenoxy) is 2. The topological polar surface area (TPSA) is 80.8 Å². The molecule has 8 heteroatoms. The van der Waals surface area contributed by atoms with Crippen LogP contribution in [0, 0.1) is 5.82 Å². The molecular formula is C26H28FN3O4. The molecule has 1 N–H and O–H groups in total. The van der Waals surface area contributed by atoms with Crippen molar-refractivity contribution in [3.8, 4) is 17.0 Å². The van der Waals surface area contributed by atoms with E-state index in [0.717, 1.165) is 10.9 Å². The number of nitrogens with zero attached hydrogens (tertiary/aromatic N) is 2. The predicted octanol–water partition coefficient (Wildman–Crippen LogP) is 4.79. The number of fused-ring (bicyclic) bond motifs is 1. The summed E-state index contributed by atoms with van der Waals surface area (Å²) < 4.78 is 24.2. The fourth-order valence-corrected chi connectivity index (χ4v) is 4.07. The third-order valence-corrected chi connectivity index (χ3v) is 5.83. The summed E-state index contributed by atoms with van der Waals surface area (Å²) in [6.45, 7) is 5.57. The molecule has 0 bridgehead atoms. The van der Waals surface area contributed by atoms with Crippen LogP contribution in [-0.4, -0.2) is 54.2 Å². The second-order valence-electron chi connectivity index (χ2n) is 8.11. The third kappa shape index (κ3) is 5.27. The van der Waals surface area contributed by atoms with E-state index in [1.807, 2.05) is 13.0 Å². The molecule has 1 aliphatic rings. The Morgan fingerprint density at radius 2 is 1.79 bits per heavy atom. The number of amides is 2. The zero-order valence-corrected chi connectivity index (χ0v) is 19.3. The summed E-state index contributed by atoms with van der Waals surface area (Å²) in [4.78, 5) is 31.2. The Kier molecular flexibility index (Phi) is 7.25. The van der Waals surface area contributed by atoms with Gasteiger partial charge in [-0.15, -0.1) is 0 Å². The highest BCUT2D eigenvalue weighted by atomic mass is 19.1. The Labute approximate surface area is 197 Å². The van der Waals surface area contributed by atoms with Gasteiger partial charge in [0.25, 0.3) is 5.91 Å². The highest BCUT2D eigenvalue weighted by molar-refractivity contribution is 6.00. The number of pyridine rings is 1. The van der Waals surface area contributed by atoms with Gasteiger partial charge in [-0.05, 0) is 69.2 Å². The predicted molar refractivity (Wildman–Crippen MR) is 127 cm³/mol. The van der Waals surface area contributed by atoms with Crippen LogP contribution in [0.15, 0.2) is 48.5 Å². The number of nitrogens with one attached hydrogen (secondary N) is 1. The molecule has 34 heavy (non-hydrogen) atoms. The fraction of sp³-hybridized carbons (Fsp3) is 0.346. The van der Waals surface area contributed by atoms with Crippen LogP contribution in [-0.2, 0) is 4.74 Å². The first-order valence-electron chi connectivity index (χ1n) is 11.5. The van der Waals surface area contributed by atoms with E-state index in [9.17, 15) is 14.0 Å². The summed E-state index contributed by atoms with van der Waals surface area (Å²) in [7, 11) is 0. The SMILES string of the molecule is CCOC(=O)N1CCC(NC(=O)c2ccc3nc(-c4ccc(F)cc4)cc(OCC)c3c2)CC1. The van der Waals surface area contributed by atoms with Crippen molar-refractivity contribution in [2.75, 3.05) is 26.3 Å². The van der Waals surface area contributed by atoms with Gasteiger partial charge in [0.1, 0.15) is 11.6 Å². The molecule has 2 heterocycles. The molecule has 0 spiro atoms. The Balaban J connectivity index is 1.51. The number of halogens is 1. The minimum absolute atomic E-state index is 0.0146. The summed E-state index contributed by atoms with van der Waals surface area (Å²) in [5.74, 6) is 0.127. The van der Waals surface area contributed by atoms with Crippen LogP contribution >= 0.6 is 0 Å². The number of hydrogen-bond acceptors (Lipinski definition) is 5. The van der Waals surface area contributed by atoms with Crippen LogP contribution in [0.3, 0.4) is 0 Å². The summed E-state index contributed by atoms with van der Waals surface area (Å²) in [6.07, 6.45) is 1.04. The molecule has 1 aliphatic heterocycles. The Bertz CT molecular complexity index is 1170. The molecule has 1 saturated heterocycles. The van der Waals surface area contributed by atoms with Crippen LogP contribution < -0.4 is 10.1 Å². The third-order valence-electron chi connectivity index (χ3n) is 5.83. The number of aromatic nitrogens is 1. The molecule has 0 unspecified atom stereocenters. The van der Waals surface area contributed by atoms with Gasteiger partial charge in [-0.2, -0.15) is 0 Å². The van der Waals surface area contributed by atoms with Gasteiger partial charge in [0, 0.05) is 41.7 Å². The zero-order valence-electron chi connectivity index (χ0n) is 19.3. The molecule has 2 amide bonds.